The van der Waals surface area contributed by atoms with Crippen molar-refractivity contribution in [3.05, 3.63) is 29.8 Å². The number of rotatable bonds is 4. The summed E-state index contributed by atoms with van der Waals surface area (Å²) >= 11 is 0. The summed E-state index contributed by atoms with van der Waals surface area (Å²) in [6.45, 7) is 4.46. The van der Waals surface area contributed by atoms with Gasteiger partial charge in [0.05, 0.1) is 0 Å². The monoisotopic (exact) mass is 373 g/mol. The van der Waals surface area contributed by atoms with E-state index in [-0.39, 0.29) is 12.0 Å². The normalized spacial score (nSPS) is 20.7. The number of benzene rings is 1. The van der Waals surface area contributed by atoms with Crippen molar-refractivity contribution in [2.45, 2.75) is 25.5 Å². The van der Waals surface area contributed by atoms with E-state index in [9.17, 15) is 4.79 Å². The fraction of sp³-hybridized carbons (Fsp3) is 0.600. The molecule has 148 valence electrons. The molecule has 3 rings (SSSR count). The fourth-order valence-electron chi connectivity index (χ4n) is 3.54. The van der Waals surface area contributed by atoms with Crippen molar-refractivity contribution in [3.63, 3.8) is 0 Å². The molecule has 0 spiro atoms. The van der Waals surface area contributed by atoms with E-state index >= 15 is 0 Å². The zero-order valence-electron chi connectivity index (χ0n) is 16.6. The van der Waals surface area contributed by atoms with E-state index in [1.54, 1.807) is 7.05 Å². The number of piperazine rings is 1. The van der Waals surface area contributed by atoms with Crippen LogP contribution >= 0.6 is 0 Å². The van der Waals surface area contributed by atoms with Crippen LogP contribution in [0.5, 0.6) is 0 Å². The van der Waals surface area contributed by atoms with Gasteiger partial charge in [-0.3, -0.25) is 9.79 Å². The SMILES string of the molecule is CN=C(NCc1ccc(N(C)C)cc1)N1CCN(C(=O)C2CCCO2)CC1. The summed E-state index contributed by atoms with van der Waals surface area (Å²) in [4.78, 5) is 23.1. The lowest BCUT2D eigenvalue weighted by atomic mass is 10.2. The fourth-order valence-corrected chi connectivity index (χ4v) is 3.54. The van der Waals surface area contributed by atoms with E-state index in [1.807, 2.05) is 19.0 Å². The Hall–Kier alpha value is -2.28. The van der Waals surface area contributed by atoms with Crippen LogP contribution in [0.25, 0.3) is 0 Å². The standard InChI is InChI=1S/C20H31N5O2/c1-21-20(22-15-16-6-8-17(9-7-16)23(2)3)25-12-10-24(11-13-25)19(26)18-5-4-14-27-18/h6-9,18H,4-5,10-15H2,1-3H3,(H,21,22). The molecule has 2 aliphatic rings. The molecule has 2 saturated heterocycles. The highest BCUT2D eigenvalue weighted by Gasteiger charge is 2.30. The Morgan fingerprint density at radius 3 is 2.41 bits per heavy atom. The van der Waals surface area contributed by atoms with Crippen molar-refractivity contribution in [2.75, 3.05) is 58.8 Å². The van der Waals surface area contributed by atoms with Crippen molar-refractivity contribution < 1.29 is 9.53 Å². The lowest BCUT2D eigenvalue weighted by molar-refractivity contribution is -0.142. The number of hydrogen-bond donors (Lipinski definition) is 1. The number of carbonyl (C=O) groups is 1. The first-order valence-electron chi connectivity index (χ1n) is 9.70. The van der Waals surface area contributed by atoms with E-state index < -0.39 is 0 Å². The molecule has 0 bridgehead atoms. The van der Waals surface area contributed by atoms with Gasteiger partial charge < -0.3 is 24.8 Å². The van der Waals surface area contributed by atoms with Gasteiger partial charge >= 0.3 is 0 Å². The second kappa shape index (κ2) is 9.08. The summed E-state index contributed by atoms with van der Waals surface area (Å²) in [7, 11) is 5.89. The number of hydrogen-bond acceptors (Lipinski definition) is 4. The molecule has 1 amide bonds. The third kappa shape index (κ3) is 4.91. The average molecular weight is 374 g/mol. The molecule has 0 aromatic heterocycles. The highest BCUT2D eigenvalue weighted by Crippen LogP contribution is 2.16. The van der Waals surface area contributed by atoms with Gasteiger partial charge in [0.15, 0.2) is 5.96 Å². The van der Waals surface area contributed by atoms with Crippen LogP contribution < -0.4 is 10.2 Å². The number of nitrogens with one attached hydrogen (secondary N) is 1. The summed E-state index contributed by atoms with van der Waals surface area (Å²) in [6.07, 6.45) is 1.62. The number of ether oxygens (including phenoxy) is 1. The second-order valence-electron chi connectivity index (χ2n) is 7.28. The number of amides is 1. The minimum Gasteiger partial charge on any atom is -0.378 e. The van der Waals surface area contributed by atoms with Crippen LogP contribution in [0.4, 0.5) is 5.69 Å². The van der Waals surface area contributed by atoms with Crippen LogP contribution in [-0.4, -0.2) is 81.7 Å². The number of nitrogens with zero attached hydrogens (tertiary/aromatic N) is 4. The Bertz CT molecular complexity index is 645. The topological polar surface area (TPSA) is 60.4 Å². The lowest BCUT2D eigenvalue weighted by Crippen LogP contribution is -2.55. The molecule has 7 heteroatoms. The quantitative estimate of drug-likeness (QED) is 0.634. The zero-order chi connectivity index (χ0) is 19.2. The molecule has 2 fully saturated rings. The van der Waals surface area contributed by atoms with E-state index in [0.29, 0.717) is 6.61 Å². The number of guanidine groups is 1. The van der Waals surface area contributed by atoms with Gasteiger partial charge in [-0.25, -0.2) is 0 Å². The van der Waals surface area contributed by atoms with Gasteiger partial charge in [0.2, 0.25) is 0 Å². The first-order valence-corrected chi connectivity index (χ1v) is 9.70. The van der Waals surface area contributed by atoms with Gasteiger partial charge in [-0.1, -0.05) is 12.1 Å². The molecule has 0 aliphatic carbocycles. The Kier molecular flexibility index (Phi) is 6.55. The molecular formula is C20H31N5O2. The van der Waals surface area contributed by atoms with Crippen molar-refractivity contribution >= 4 is 17.6 Å². The third-order valence-corrected chi connectivity index (χ3v) is 5.21. The van der Waals surface area contributed by atoms with E-state index in [2.05, 4.69) is 44.4 Å². The van der Waals surface area contributed by atoms with Gasteiger partial charge in [0, 0.05) is 66.2 Å². The predicted molar refractivity (Wildman–Crippen MR) is 108 cm³/mol. The molecule has 1 aromatic rings. The minimum absolute atomic E-state index is 0.149. The summed E-state index contributed by atoms with van der Waals surface area (Å²) in [5, 5.41) is 3.44. The molecule has 1 aromatic carbocycles. The van der Waals surface area contributed by atoms with E-state index in [4.69, 9.17) is 4.74 Å². The third-order valence-electron chi connectivity index (χ3n) is 5.21. The first kappa shape index (κ1) is 19.5. The van der Waals surface area contributed by atoms with Crippen LogP contribution in [0.2, 0.25) is 0 Å². The molecule has 0 radical (unpaired) electrons. The number of anilines is 1. The van der Waals surface area contributed by atoms with Crippen LogP contribution in [0.1, 0.15) is 18.4 Å². The van der Waals surface area contributed by atoms with Gasteiger partial charge in [-0.15, -0.1) is 0 Å². The predicted octanol–water partition coefficient (Wildman–Crippen LogP) is 1.15. The van der Waals surface area contributed by atoms with Crippen LogP contribution in [0.15, 0.2) is 29.3 Å². The van der Waals surface area contributed by atoms with Crippen molar-refractivity contribution in [1.82, 2.24) is 15.1 Å². The zero-order valence-corrected chi connectivity index (χ0v) is 16.6. The van der Waals surface area contributed by atoms with Gasteiger partial charge in [-0.2, -0.15) is 0 Å². The summed E-state index contributed by atoms with van der Waals surface area (Å²) in [6, 6.07) is 8.51. The highest BCUT2D eigenvalue weighted by molar-refractivity contribution is 5.82. The van der Waals surface area contributed by atoms with Crippen molar-refractivity contribution in [3.8, 4) is 0 Å². The van der Waals surface area contributed by atoms with Crippen LogP contribution in [0, 0.1) is 0 Å². The van der Waals surface area contributed by atoms with Gasteiger partial charge in [-0.05, 0) is 30.5 Å². The first-order chi connectivity index (χ1) is 13.1. The van der Waals surface area contributed by atoms with Crippen molar-refractivity contribution in [1.29, 1.82) is 0 Å². The summed E-state index contributed by atoms with van der Waals surface area (Å²) in [5.74, 6) is 1.03. The second-order valence-corrected chi connectivity index (χ2v) is 7.28. The molecule has 2 heterocycles. The van der Waals surface area contributed by atoms with Crippen LogP contribution in [-0.2, 0) is 16.1 Å². The number of carbonyl (C=O) groups excluding carboxylic acids is 1. The molecule has 2 aliphatic heterocycles. The molecule has 1 atom stereocenters. The highest BCUT2D eigenvalue weighted by atomic mass is 16.5. The van der Waals surface area contributed by atoms with E-state index in [0.717, 1.165) is 51.5 Å². The molecule has 27 heavy (non-hydrogen) atoms. The molecule has 7 nitrogen and oxygen atoms in total. The average Bonchev–Trinajstić information content (AvgIpc) is 3.23. The Morgan fingerprint density at radius 2 is 1.85 bits per heavy atom. The summed E-state index contributed by atoms with van der Waals surface area (Å²) < 4.78 is 5.53. The maximum atomic E-state index is 12.5. The maximum Gasteiger partial charge on any atom is 0.251 e. The molecular weight excluding hydrogens is 342 g/mol. The van der Waals surface area contributed by atoms with Crippen LogP contribution in [0.3, 0.4) is 0 Å². The smallest absolute Gasteiger partial charge is 0.251 e. The largest absolute Gasteiger partial charge is 0.378 e. The Morgan fingerprint density at radius 1 is 1.19 bits per heavy atom. The van der Waals surface area contributed by atoms with Crippen molar-refractivity contribution in [2.24, 2.45) is 4.99 Å². The molecule has 0 saturated carbocycles. The minimum atomic E-state index is -0.223. The van der Waals surface area contributed by atoms with Gasteiger partial charge in [0.1, 0.15) is 6.10 Å². The maximum absolute atomic E-state index is 12.5. The molecule has 1 N–H and O–H groups in total. The van der Waals surface area contributed by atoms with Gasteiger partial charge in [0.25, 0.3) is 5.91 Å². The Labute approximate surface area is 162 Å². The number of aliphatic imine (C=N–C) groups is 1. The van der Waals surface area contributed by atoms with E-state index in [1.165, 1.54) is 11.3 Å². The molecule has 1 unspecified atom stereocenters. The Balaban J connectivity index is 1.48. The summed E-state index contributed by atoms with van der Waals surface area (Å²) in [5.41, 5.74) is 2.41. The lowest BCUT2D eigenvalue weighted by Gasteiger charge is -2.37.